The van der Waals surface area contributed by atoms with Crippen LogP contribution in [0.1, 0.15) is 36.6 Å². The van der Waals surface area contributed by atoms with E-state index in [4.69, 9.17) is 0 Å². The SMILES string of the molecule is CC(=O)Nc1ccc2c(c1)c(C(C)C(=O)O)c(C)n2Cc1ccccc1. The molecular weight excluding hydrogens is 328 g/mol. The minimum Gasteiger partial charge on any atom is -0.481 e. The summed E-state index contributed by atoms with van der Waals surface area (Å²) in [6.45, 7) is 5.77. The van der Waals surface area contributed by atoms with Gasteiger partial charge in [-0.2, -0.15) is 0 Å². The third kappa shape index (κ3) is 3.33. The fraction of sp³-hybridized carbons (Fsp3) is 0.238. The molecule has 3 aromatic rings. The lowest BCUT2D eigenvalue weighted by molar-refractivity contribution is -0.138. The van der Waals surface area contributed by atoms with Crippen LogP contribution in [-0.2, 0) is 16.1 Å². The summed E-state index contributed by atoms with van der Waals surface area (Å²) >= 11 is 0. The van der Waals surface area contributed by atoms with Gasteiger partial charge in [-0.15, -0.1) is 0 Å². The predicted molar refractivity (Wildman–Crippen MR) is 103 cm³/mol. The van der Waals surface area contributed by atoms with Gasteiger partial charge >= 0.3 is 5.97 Å². The van der Waals surface area contributed by atoms with E-state index in [0.29, 0.717) is 12.2 Å². The van der Waals surface area contributed by atoms with E-state index in [0.717, 1.165) is 27.7 Å². The zero-order valence-electron chi connectivity index (χ0n) is 15.1. The highest BCUT2D eigenvalue weighted by Gasteiger charge is 2.24. The van der Waals surface area contributed by atoms with E-state index in [1.165, 1.54) is 6.92 Å². The van der Waals surface area contributed by atoms with Crippen LogP contribution in [0.15, 0.2) is 48.5 Å². The zero-order chi connectivity index (χ0) is 18.8. The molecule has 1 unspecified atom stereocenters. The average molecular weight is 350 g/mol. The van der Waals surface area contributed by atoms with Crippen molar-refractivity contribution in [1.29, 1.82) is 0 Å². The first-order chi connectivity index (χ1) is 12.4. The second kappa shape index (κ2) is 7.04. The topological polar surface area (TPSA) is 71.3 Å². The molecule has 1 amide bonds. The number of benzene rings is 2. The molecule has 0 spiro atoms. The zero-order valence-corrected chi connectivity index (χ0v) is 15.1. The molecule has 0 aliphatic heterocycles. The van der Waals surface area contributed by atoms with Gasteiger partial charge in [-0.05, 0) is 43.2 Å². The predicted octanol–water partition coefficient (Wildman–Crippen LogP) is 4.14. The van der Waals surface area contributed by atoms with Gasteiger partial charge in [0.2, 0.25) is 5.91 Å². The number of nitrogens with one attached hydrogen (secondary N) is 1. The van der Waals surface area contributed by atoms with Crippen LogP contribution in [0.4, 0.5) is 5.69 Å². The Morgan fingerprint density at radius 3 is 2.46 bits per heavy atom. The molecule has 5 nitrogen and oxygen atoms in total. The lowest BCUT2D eigenvalue weighted by atomic mass is 9.98. The van der Waals surface area contributed by atoms with Crippen molar-refractivity contribution in [3.63, 3.8) is 0 Å². The van der Waals surface area contributed by atoms with Crippen LogP contribution in [0.3, 0.4) is 0 Å². The fourth-order valence-electron chi connectivity index (χ4n) is 3.43. The monoisotopic (exact) mass is 350 g/mol. The van der Waals surface area contributed by atoms with E-state index >= 15 is 0 Å². The van der Waals surface area contributed by atoms with Gasteiger partial charge in [0.1, 0.15) is 0 Å². The van der Waals surface area contributed by atoms with E-state index in [-0.39, 0.29) is 5.91 Å². The van der Waals surface area contributed by atoms with Crippen molar-refractivity contribution >= 4 is 28.5 Å². The Balaban J connectivity index is 2.19. The molecule has 1 heterocycles. The molecule has 1 aromatic heterocycles. The summed E-state index contributed by atoms with van der Waals surface area (Å²) in [6.07, 6.45) is 0. The van der Waals surface area contributed by atoms with Crippen LogP contribution in [0.2, 0.25) is 0 Å². The number of carboxylic acids is 1. The maximum absolute atomic E-state index is 11.6. The average Bonchev–Trinajstić information content (AvgIpc) is 2.86. The maximum atomic E-state index is 11.6. The normalized spacial score (nSPS) is 12.1. The van der Waals surface area contributed by atoms with Crippen molar-refractivity contribution in [1.82, 2.24) is 4.57 Å². The van der Waals surface area contributed by atoms with E-state index < -0.39 is 11.9 Å². The molecule has 0 aliphatic rings. The van der Waals surface area contributed by atoms with Gasteiger partial charge in [0.25, 0.3) is 0 Å². The summed E-state index contributed by atoms with van der Waals surface area (Å²) in [4.78, 5) is 23.0. The Labute approximate surface area is 152 Å². The lowest BCUT2D eigenvalue weighted by Gasteiger charge is -2.10. The molecule has 1 atom stereocenters. The first-order valence-corrected chi connectivity index (χ1v) is 8.55. The number of nitrogens with zero attached hydrogens (tertiary/aromatic N) is 1. The number of rotatable bonds is 5. The highest BCUT2D eigenvalue weighted by molar-refractivity contribution is 5.96. The molecule has 0 saturated heterocycles. The number of amides is 1. The van der Waals surface area contributed by atoms with Gasteiger partial charge in [-0.25, -0.2) is 0 Å². The second-order valence-corrected chi connectivity index (χ2v) is 6.54. The van der Waals surface area contributed by atoms with Crippen LogP contribution < -0.4 is 5.32 Å². The van der Waals surface area contributed by atoms with E-state index in [1.54, 1.807) is 6.92 Å². The third-order valence-corrected chi connectivity index (χ3v) is 4.68. The highest BCUT2D eigenvalue weighted by Crippen LogP contribution is 2.34. The number of carbonyl (C=O) groups excluding carboxylic acids is 1. The maximum Gasteiger partial charge on any atom is 0.310 e. The number of aromatic nitrogens is 1. The number of carbonyl (C=O) groups is 2. The summed E-state index contributed by atoms with van der Waals surface area (Å²) in [6, 6.07) is 15.7. The molecule has 0 aliphatic carbocycles. The summed E-state index contributed by atoms with van der Waals surface area (Å²) < 4.78 is 2.14. The largest absolute Gasteiger partial charge is 0.481 e. The quantitative estimate of drug-likeness (QED) is 0.726. The fourth-order valence-corrected chi connectivity index (χ4v) is 3.43. The summed E-state index contributed by atoms with van der Waals surface area (Å²) in [7, 11) is 0. The van der Waals surface area contributed by atoms with Crippen LogP contribution in [-0.4, -0.2) is 21.6 Å². The van der Waals surface area contributed by atoms with Gasteiger partial charge in [-0.1, -0.05) is 30.3 Å². The van der Waals surface area contributed by atoms with Crippen molar-refractivity contribution in [2.75, 3.05) is 5.32 Å². The molecule has 134 valence electrons. The van der Waals surface area contributed by atoms with Crippen LogP contribution in [0.25, 0.3) is 10.9 Å². The van der Waals surface area contributed by atoms with Crippen molar-refractivity contribution in [2.45, 2.75) is 33.2 Å². The minimum absolute atomic E-state index is 0.155. The Kier molecular flexibility index (Phi) is 4.80. The Hall–Kier alpha value is -3.08. The molecule has 2 N–H and O–H groups in total. The van der Waals surface area contributed by atoms with Crippen molar-refractivity contribution in [3.8, 4) is 0 Å². The van der Waals surface area contributed by atoms with Crippen molar-refractivity contribution in [2.24, 2.45) is 0 Å². The number of aliphatic carboxylic acids is 1. The van der Waals surface area contributed by atoms with Crippen LogP contribution in [0, 0.1) is 6.92 Å². The molecule has 2 aromatic carbocycles. The molecule has 0 fully saturated rings. The number of hydrogen-bond donors (Lipinski definition) is 2. The number of anilines is 1. The minimum atomic E-state index is -0.864. The van der Waals surface area contributed by atoms with Crippen LogP contribution in [0.5, 0.6) is 0 Å². The van der Waals surface area contributed by atoms with Crippen LogP contribution >= 0.6 is 0 Å². The number of fused-ring (bicyclic) bond motifs is 1. The van der Waals surface area contributed by atoms with Crippen molar-refractivity contribution < 1.29 is 14.7 Å². The van der Waals surface area contributed by atoms with Gasteiger partial charge in [0.05, 0.1) is 5.92 Å². The first-order valence-electron chi connectivity index (χ1n) is 8.55. The summed E-state index contributed by atoms with van der Waals surface area (Å²) in [5, 5.41) is 13.2. The van der Waals surface area contributed by atoms with Gasteiger partial charge in [-0.3, -0.25) is 9.59 Å². The van der Waals surface area contributed by atoms with E-state index in [9.17, 15) is 14.7 Å². The van der Waals surface area contributed by atoms with E-state index in [2.05, 4.69) is 22.0 Å². The lowest BCUT2D eigenvalue weighted by Crippen LogP contribution is -2.10. The van der Waals surface area contributed by atoms with E-state index in [1.807, 2.05) is 43.3 Å². The second-order valence-electron chi connectivity index (χ2n) is 6.54. The molecule has 3 rings (SSSR count). The molecule has 5 heteroatoms. The molecule has 26 heavy (non-hydrogen) atoms. The Morgan fingerprint density at radius 2 is 1.85 bits per heavy atom. The summed E-state index contributed by atoms with van der Waals surface area (Å²) in [5.41, 5.74) is 4.49. The van der Waals surface area contributed by atoms with Gasteiger partial charge < -0.3 is 15.0 Å². The standard InChI is InChI=1S/C21H22N2O3/c1-13(21(25)26)20-14(2)23(12-16-7-5-4-6-8-16)19-10-9-17(11-18(19)20)22-15(3)24/h4-11,13H,12H2,1-3H3,(H,22,24)(H,25,26). The molecular formula is C21H22N2O3. The number of carboxylic acid groups (broad SMARTS) is 1. The first kappa shape index (κ1) is 17.7. The molecule has 0 bridgehead atoms. The molecule has 0 saturated carbocycles. The summed E-state index contributed by atoms with van der Waals surface area (Å²) in [5.74, 6) is -1.66. The van der Waals surface area contributed by atoms with Gasteiger partial charge in [0.15, 0.2) is 0 Å². The molecule has 0 radical (unpaired) electrons. The third-order valence-electron chi connectivity index (χ3n) is 4.68. The van der Waals surface area contributed by atoms with Crippen molar-refractivity contribution in [3.05, 3.63) is 65.4 Å². The Morgan fingerprint density at radius 1 is 1.15 bits per heavy atom. The Bertz CT molecular complexity index is 974. The number of hydrogen-bond acceptors (Lipinski definition) is 2. The smallest absolute Gasteiger partial charge is 0.310 e. The highest BCUT2D eigenvalue weighted by atomic mass is 16.4. The van der Waals surface area contributed by atoms with Gasteiger partial charge in [0, 0.05) is 35.8 Å².